The van der Waals surface area contributed by atoms with Gasteiger partial charge in [-0.2, -0.15) is 5.10 Å². The van der Waals surface area contributed by atoms with E-state index in [2.05, 4.69) is 10.3 Å². The van der Waals surface area contributed by atoms with Crippen LogP contribution in [0, 0.1) is 0 Å². The van der Waals surface area contributed by atoms with E-state index < -0.39 is 0 Å². The van der Waals surface area contributed by atoms with Crippen LogP contribution in [0.5, 0.6) is 0 Å². The molecule has 0 spiro atoms. The minimum absolute atomic E-state index is 0.0189. The average molecular weight is 316 g/mol. The number of carbonyl (C=O) groups is 1. The molecular formula is C17H24N4O2. The summed E-state index contributed by atoms with van der Waals surface area (Å²) in [5.74, 6) is 0.913. The van der Waals surface area contributed by atoms with Gasteiger partial charge in [-0.05, 0) is 18.9 Å². The fraction of sp³-hybridized carbons (Fsp3) is 0.588. The van der Waals surface area contributed by atoms with Gasteiger partial charge in [-0.15, -0.1) is 0 Å². The summed E-state index contributed by atoms with van der Waals surface area (Å²) in [6.07, 6.45) is 6.14. The zero-order chi connectivity index (χ0) is 16.4. The largest absolute Gasteiger partial charge is 0.360 e. The van der Waals surface area contributed by atoms with E-state index >= 15 is 0 Å². The highest BCUT2D eigenvalue weighted by Crippen LogP contribution is 2.30. The Hall–Kier alpha value is -2.11. The van der Waals surface area contributed by atoms with Crippen molar-refractivity contribution in [2.75, 3.05) is 6.54 Å². The summed E-state index contributed by atoms with van der Waals surface area (Å²) < 4.78 is 7.08. The van der Waals surface area contributed by atoms with E-state index in [1.54, 1.807) is 10.7 Å². The number of aromatic nitrogens is 3. The molecule has 1 atom stereocenters. The first kappa shape index (κ1) is 15.8. The van der Waals surface area contributed by atoms with Crippen LogP contribution in [0.1, 0.15) is 73.4 Å². The summed E-state index contributed by atoms with van der Waals surface area (Å²) in [5, 5.41) is 8.50. The normalized spacial score (nSPS) is 19.1. The third-order valence-corrected chi connectivity index (χ3v) is 4.41. The van der Waals surface area contributed by atoms with E-state index in [0.717, 1.165) is 43.7 Å². The molecule has 0 saturated carbocycles. The van der Waals surface area contributed by atoms with Crippen LogP contribution in [0.2, 0.25) is 0 Å². The van der Waals surface area contributed by atoms with Crippen molar-refractivity contribution < 1.29 is 9.32 Å². The van der Waals surface area contributed by atoms with E-state index in [9.17, 15) is 4.79 Å². The first-order chi connectivity index (χ1) is 11.1. The molecule has 6 nitrogen and oxygen atoms in total. The molecule has 0 N–H and O–H groups in total. The van der Waals surface area contributed by atoms with E-state index in [-0.39, 0.29) is 17.9 Å². The molecule has 0 radical (unpaired) electrons. The van der Waals surface area contributed by atoms with Crippen molar-refractivity contribution in [2.24, 2.45) is 7.05 Å². The molecule has 1 amide bonds. The topological polar surface area (TPSA) is 64.2 Å². The number of rotatable bonds is 3. The molecule has 1 aliphatic rings. The number of hydrogen-bond donors (Lipinski definition) is 0. The third-order valence-electron chi connectivity index (χ3n) is 4.41. The van der Waals surface area contributed by atoms with E-state index in [1.807, 2.05) is 38.1 Å². The van der Waals surface area contributed by atoms with Crippen molar-refractivity contribution in [2.45, 2.75) is 51.5 Å². The van der Waals surface area contributed by atoms with Crippen LogP contribution < -0.4 is 0 Å². The van der Waals surface area contributed by atoms with Gasteiger partial charge >= 0.3 is 0 Å². The predicted octanol–water partition coefficient (Wildman–Crippen LogP) is 3.29. The number of aryl methyl sites for hydroxylation is 1. The Morgan fingerprint density at radius 1 is 1.35 bits per heavy atom. The van der Waals surface area contributed by atoms with Gasteiger partial charge in [0.1, 0.15) is 5.76 Å². The molecule has 3 rings (SSSR count). The molecule has 23 heavy (non-hydrogen) atoms. The van der Waals surface area contributed by atoms with Gasteiger partial charge < -0.3 is 9.42 Å². The second-order valence-corrected chi connectivity index (χ2v) is 6.55. The SMILES string of the molecule is CC(C)c1cc(C(=O)N2CCCCC[C@@H]2c2ccn(C)n2)no1. The molecule has 1 fully saturated rings. The smallest absolute Gasteiger partial charge is 0.276 e. The fourth-order valence-corrected chi connectivity index (χ4v) is 3.08. The quantitative estimate of drug-likeness (QED) is 0.871. The Balaban J connectivity index is 1.87. The highest BCUT2D eigenvalue weighted by atomic mass is 16.5. The van der Waals surface area contributed by atoms with Gasteiger partial charge in [0.25, 0.3) is 5.91 Å². The van der Waals surface area contributed by atoms with E-state index in [0.29, 0.717) is 5.69 Å². The molecule has 1 saturated heterocycles. The van der Waals surface area contributed by atoms with Gasteiger partial charge in [0.15, 0.2) is 5.69 Å². The van der Waals surface area contributed by atoms with Crippen molar-refractivity contribution in [3.8, 4) is 0 Å². The molecule has 3 heterocycles. The highest BCUT2D eigenvalue weighted by Gasteiger charge is 2.30. The molecule has 0 unspecified atom stereocenters. The minimum atomic E-state index is -0.0572. The Morgan fingerprint density at radius 2 is 2.17 bits per heavy atom. The van der Waals surface area contributed by atoms with Crippen molar-refractivity contribution in [3.05, 3.63) is 35.5 Å². The van der Waals surface area contributed by atoms with Gasteiger partial charge in [0, 0.05) is 31.8 Å². The summed E-state index contributed by atoms with van der Waals surface area (Å²) in [6, 6.07) is 3.79. The van der Waals surface area contributed by atoms with E-state index in [4.69, 9.17) is 4.52 Å². The van der Waals surface area contributed by atoms with Crippen molar-refractivity contribution in [1.82, 2.24) is 19.8 Å². The summed E-state index contributed by atoms with van der Waals surface area (Å²) in [4.78, 5) is 14.9. The highest BCUT2D eigenvalue weighted by molar-refractivity contribution is 5.92. The summed E-state index contributed by atoms with van der Waals surface area (Å²) >= 11 is 0. The summed E-state index contributed by atoms with van der Waals surface area (Å²) in [7, 11) is 1.90. The second kappa shape index (κ2) is 6.56. The number of amides is 1. The Labute approximate surface area is 136 Å². The fourth-order valence-electron chi connectivity index (χ4n) is 3.08. The van der Waals surface area contributed by atoms with Crippen LogP contribution >= 0.6 is 0 Å². The lowest BCUT2D eigenvalue weighted by atomic mass is 10.1. The van der Waals surface area contributed by atoms with Crippen LogP contribution in [-0.4, -0.2) is 32.3 Å². The average Bonchev–Trinajstić information content (AvgIpc) is 3.10. The summed E-state index contributed by atoms with van der Waals surface area (Å²) in [6.45, 7) is 4.79. The first-order valence-electron chi connectivity index (χ1n) is 8.33. The zero-order valence-electron chi connectivity index (χ0n) is 14.0. The molecule has 124 valence electrons. The van der Waals surface area contributed by atoms with Crippen LogP contribution in [0.25, 0.3) is 0 Å². The first-order valence-corrected chi connectivity index (χ1v) is 8.33. The van der Waals surface area contributed by atoms with Crippen molar-refractivity contribution in [1.29, 1.82) is 0 Å². The number of likely N-dealkylation sites (tertiary alicyclic amines) is 1. The predicted molar refractivity (Wildman–Crippen MR) is 86.0 cm³/mol. The van der Waals surface area contributed by atoms with Crippen molar-refractivity contribution in [3.63, 3.8) is 0 Å². The van der Waals surface area contributed by atoms with Gasteiger partial charge in [-0.3, -0.25) is 9.48 Å². The molecule has 1 aliphatic heterocycles. The number of carbonyl (C=O) groups excluding carboxylic acids is 1. The molecule has 2 aromatic heterocycles. The Kier molecular flexibility index (Phi) is 4.50. The molecule has 0 aliphatic carbocycles. The van der Waals surface area contributed by atoms with Crippen LogP contribution in [0.15, 0.2) is 22.9 Å². The maximum absolute atomic E-state index is 12.9. The minimum Gasteiger partial charge on any atom is -0.360 e. The Bertz CT molecular complexity index is 674. The molecule has 0 aromatic carbocycles. The van der Waals surface area contributed by atoms with Gasteiger partial charge in [-0.1, -0.05) is 31.8 Å². The molecule has 6 heteroatoms. The lowest BCUT2D eigenvalue weighted by Crippen LogP contribution is -2.35. The monoisotopic (exact) mass is 316 g/mol. The lowest BCUT2D eigenvalue weighted by molar-refractivity contribution is 0.0665. The third kappa shape index (κ3) is 3.30. The van der Waals surface area contributed by atoms with Gasteiger partial charge in [-0.25, -0.2) is 0 Å². The number of hydrogen-bond acceptors (Lipinski definition) is 4. The Morgan fingerprint density at radius 3 is 2.83 bits per heavy atom. The zero-order valence-corrected chi connectivity index (χ0v) is 14.0. The maximum Gasteiger partial charge on any atom is 0.276 e. The van der Waals surface area contributed by atoms with Gasteiger partial charge in [0.05, 0.1) is 11.7 Å². The standard InChI is InChI=1S/C17H24N4O2/c1-12(2)16-11-14(19-23-16)17(22)21-9-6-4-5-7-15(21)13-8-10-20(3)18-13/h8,10-12,15H,4-7,9H2,1-3H3/t15-/m1/s1. The molecule has 0 bridgehead atoms. The van der Waals surface area contributed by atoms with Crippen LogP contribution in [0.4, 0.5) is 0 Å². The number of nitrogens with zero attached hydrogens (tertiary/aromatic N) is 4. The van der Waals surface area contributed by atoms with Crippen LogP contribution in [-0.2, 0) is 7.05 Å². The second-order valence-electron chi connectivity index (χ2n) is 6.55. The maximum atomic E-state index is 12.9. The molecular weight excluding hydrogens is 292 g/mol. The molecule has 2 aromatic rings. The van der Waals surface area contributed by atoms with Gasteiger partial charge in [0.2, 0.25) is 0 Å². The summed E-state index contributed by atoms with van der Waals surface area (Å²) in [5.41, 5.74) is 1.35. The van der Waals surface area contributed by atoms with Crippen molar-refractivity contribution >= 4 is 5.91 Å². The van der Waals surface area contributed by atoms with Crippen LogP contribution in [0.3, 0.4) is 0 Å². The van der Waals surface area contributed by atoms with E-state index in [1.165, 1.54) is 0 Å². The lowest BCUT2D eigenvalue weighted by Gasteiger charge is -2.28.